The fourth-order valence-electron chi connectivity index (χ4n) is 11.0. The first-order valence-corrected chi connectivity index (χ1v) is 38.9. The lowest BCUT2D eigenvalue weighted by molar-refractivity contribution is -0.873. The van der Waals surface area contributed by atoms with Gasteiger partial charge in [-0.3, -0.25) is 24.0 Å². The van der Waals surface area contributed by atoms with Gasteiger partial charge in [-0.15, -0.1) is 0 Å². The van der Waals surface area contributed by atoms with Gasteiger partial charge in [-0.05, 0) is 135 Å². The van der Waals surface area contributed by atoms with Crippen LogP contribution in [0.1, 0.15) is 276 Å². The van der Waals surface area contributed by atoms with Gasteiger partial charge in [0.15, 0.2) is 5.78 Å². The second-order valence-corrected chi connectivity index (χ2v) is 37.8. The zero-order valence-corrected chi connectivity index (χ0v) is 70.0. The first-order chi connectivity index (χ1) is 46.1. The molecule has 2 amide bonds. The van der Waals surface area contributed by atoms with Crippen LogP contribution < -0.4 is 16.4 Å². The first kappa shape index (κ1) is 102. The Labute approximate surface area is 638 Å². The average molecular weight is 1480 g/mol. The van der Waals surface area contributed by atoms with Crippen LogP contribution in [0, 0.1) is 43.8 Å². The van der Waals surface area contributed by atoms with Crippen molar-refractivity contribution in [1.29, 1.82) is 0 Å². The molecule has 4 heterocycles. The molecular formula is C86H153N6O9S2+. The third-order valence-electron chi connectivity index (χ3n) is 17.2. The van der Waals surface area contributed by atoms with Crippen LogP contribution in [0.2, 0.25) is 0 Å². The Bertz CT molecular complexity index is 3180. The summed E-state index contributed by atoms with van der Waals surface area (Å²) in [4.78, 5) is 76.2. The number of allylic oxidation sites excluding steroid dienone is 4. The van der Waals surface area contributed by atoms with Crippen LogP contribution in [-0.2, 0) is 36.8 Å². The van der Waals surface area contributed by atoms with Crippen LogP contribution in [-0.4, -0.2) is 133 Å². The number of aromatic hydroxyl groups is 2. The van der Waals surface area contributed by atoms with Crippen molar-refractivity contribution in [2.24, 2.45) is 49.6 Å². The van der Waals surface area contributed by atoms with E-state index in [-0.39, 0.29) is 78.2 Å². The summed E-state index contributed by atoms with van der Waals surface area (Å²) in [5.41, 5.74) is 9.83. The summed E-state index contributed by atoms with van der Waals surface area (Å²) in [5, 5.41) is 37.3. The molecule has 2 aliphatic rings. The molecule has 15 nitrogen and oxygen atoms in total. The van der Waals surface area contributed by atoms with Crippen LogP contribution in [0.15, 0.2) is 73.1 Å². The van der Waals surface area contributed by atoms with Crippen molar-refractivity contribution in [2.45, 2.75) is 307 Å². The molecule has 2 aromatic carbocycles. The van der Waals surface area contributed by atoms with Gasteiger partial charge in [-0.2, -0.15) is 24.4 Å². The third kappa shape index (κ3) is 43.9. The number of Topliss-reactive ketones (excluding diaryl/α,β-unsaturated/α-hetero) is 5. The van der Waals surface area contributed by atoms with Gasteiger partial charge < -0.3 is 46.1 Å². The number of aryl methyl sites for hydroxylation is 1. The number of thiol groups is 1. The maximum Gasteiger partial charge on any atom is 0.315 e. The number of thioether (sulfide) groups is 1. The molecule has 103 heavy (non-hydrogen) atoms. The normalized spacial score (nSPS) is 16.0. The van der Waals surface area contributed by atoms with Crippen LogP contribution in [0.3, 0.4) is 0 Å². The number of ketones is 5. The summed E-state index contributed by atoms with van der Waals surface area (Å²) in [6, 6.07) is 10.7. The SMILES string of the molecule is C.C.CC(C)(C)C(=O)CC(O)C[N+](C)(C)C.CC(C)(C)C(=O)CCCC[C@@H]1SC[C@@H]2NC(=O)N[C@@H]21.CC(C)(C)C(=O)[C@@H](N)Cc1c[nH]c2ccc(O)cc12.CC(C)(C)CCCS.CC(C)(C)CCCc1c[nH]c2ccc(O)cc12.CC/C=C\CC(=O)C(C)(C)C.CC/C=C\CC(C)(C)C(=O)C(C)C. The fourth-order valence-corrected chi connectivity index (χ4v) is 12.7. The minimum Gasteiger partial charge on any atom is -0.508 e. The van der Waals surface area contributed by atoms with Crippen LogP contribution in [0.4, 0.5) is 4.79 Å². The minimum absolute atomic E-state index is 0. The van der Waals surface area contributed by atoms with E-state index in [4.69, 9.17) is 5.73 Å². The number of fused-ring (bicyclic) bond motifs is 3. The number of rotatable bonds is 25. The maximum absolute atomic E-state index is 12.1. The number of benzene rings is 2. The molecule has 0 aliphatic carbocycles. The number of nitrogens with two attached hydrogens (primary N) is 1. The number of nitrogens with zero attached hydrogens (tertiary/aromatic N) is 1. The van der Waals surface area contributed by atoms with Gasteiger partial charge in [-0.1, -0.05) is 212 Å². The van der Waals surface area contributed by atoms with E-state index in [2.05, 4.69) is 107 Å². The number of phenolic OH excluding ortho intramolecular Hbond substituents is 2. The number of quaternary nitrogens is 1. The lowest BCUT2D eigenvalue weighted by atomic mass is 9.79. The van der Waals surface area contributed by atoms with E-state index in [1.54, 1.807) is 18.2 Å². The Morgan fingerprint density at radius 1 is 0.631 bits per heavy atom. The molecule has 0 bridgehead atoms. The van der Waals surface area contributed by atoms with Gasteiger partial charge in [0.1, 0.15) is 47.3 Å². The van der Waals surface area contributed by atoms with Gasteiger partial charge in [0.25, 0.3) is 0 Å². The predicted octanol–water partition coefficient (Wildman–Crippen LogP) is 20.6. The number of amides is 2. The molecule has 9 N–H and O–H groups in total. The zero-order chi connectivity index (χ0) is 78.3. The Balaban J connectivity index is -0.00000115. The van der Waals surface area contributed by atoms with Gasteiger partial charge in [0, 0.05) is 97.5 Å². The number of H-pyrrole nitrogens is 2. The molecule has 2 saturated heterocycles. The van der Waals surface area contributed by atoms with Crippen molar-refractivity contribution in [1.82, 2.24) is 20.6 Å². The fraction of sp³-hybridized carbons (Fsp3) is 0.698. The van der Waals surface area contributed by atoms with Crippen molar-refractivity contribution in [3.05, 3.63) is 84.2 Å². The van der Waals surface area contributed by atoms with E-state index >= 15 is 0 Å². The monoisotopic (exact) mass is 1480 g/mol. The third-order valence-corrected chi connectivity index (χ3v) is 19.0. The molecule has 5 atom stereocenters. The maximum atomic E-state index is 12.1. The Morgan fingerprint density at radius 2 is 1.11 bits per heavy atom. The number of aliphatic hydroxyl groups excluding tert-OH is 1. The summed E-state index contributed by atoms with van der Waals surface area (Å²) in [6.45, 7) is 49.4. The first-order valence-electron chi connectivity index (χ1n) is 37.2. The smallest absolute Gasteiger partial charge is 0.315 e. The van der Waals surface area contributed by atoms with Crippen molar-refractivity contribution < 1.29 is 48.6 Å². The van der Waals surface area contributed by atoms with Gasteiger partial charge in [0.05, 0.1) is 39.3 Å². The van der Waals surface area contributed by atoms with Crippen molar-refractivity contribution in [2.75, 3.05) is 39.2 Å². The van der Waals surface area contributed by atoms with Gasteiger partial charge >= 0.3 is 6.03 Å². The second-order valence-electron chi connectivity index (χ2n) is 36.1. The number of urea groups is 1. The number of nitrogens with one attached hydrogen (secondary N) is 4. The minimum atomic E-state index is -0.527. The Hall–Kier alpha value is -5.20. The molecule has 17 heteroatoms. The van der Waals surface area contributed by atoms with E-state index in [0.29, 0.717) is 75.5 Å². The van der Waals surface area contributed by atoms with E-state index < -0.39 is 17.6 Å². The second kappa shape index (κ2) is 46.8. The van der Waals surface area contributed by atoms with Gasteiger partial charge in [0.2, 0.25) is 0 Å². The quantitative estimate of drug-likeness (QED) is 0.00993. The predicted molar refractivity (Wildman–Crippen MR) is 447 cm³/mol. The van der Waals surface area contributed by atoms with Crippen LogP contribution >= 0.6 is 24.4 Å². The molecule has 4 aromatic rings. The highest BCUT2D eigenvalue weighted by Crippen LogP contribution is 2.34. The molecule has 0 radical (unpaired) electrons. The molecule has 6 rings (SSSR count). The van der Waals surface area contributed by atoms with E-state index in [9.17, 15) is 44.1 Å². The number of aromatic amines is 2. The number of unbranched alkanes of at least 4 members (excludes halogenated alkanes) is 1. The number of hydrogen-bond donors (Lipinski definition) is 9. The van der Waals surface area contributed by atoms with Crippen molar-refractivity contribution in [3.8, 4) is 11.5 Å². The summed E-state index contributed by atoms with van der Waals surface area (Å²) in [6.07, 6.45) is 25.6. The molecule has 2 fully saturated rings. The molecule has 2 aromatic heterocycles. The van der Waals surface area contributed by atoms with Crippen molar-refractivity contribution >= 4 is 81.1 Å². The largest absolute Gasteiger partial charge is 0.508 e. The topological polar surface area (TPSA) is 245 Å². The highest BCUT2D eigenvalue weighted by Gasteiger charge is 2.42. The molecular weight excluding hydrogens is 1330 g/mol. The summed E-state index contributed by atoms with van der Waals surface area (Å²) < 4.78 is 0.679. The van der Waals surface area contributed by atoms with Crippen LogP contribution in [0.5, 0.6) is 11.5 Å². The standard InChI is InChI=1S/C15H20N2O2.C15H21NO.C14H24N2O2S.C12H22O.C11H24NO2.C10H18O.C7H16S.2CH4/c1-15(2,3)14(19)12(16)6-9-8-17-13-5-4-10(18)7-11(9)13;1-15(2,3)8-4-5-11-10-16-14-7-6-12(17)9-13(11)14;1-14(2,3)11(17)7-5-4-6-10-12-9(8-19-10)15-13(18)16-12;1-6-7-8-9-12(4,5)11(13)10(2)3;1-11(2,3)10(14)7-9(13)8-12(4,5)6;1-5-6-7-8-9(11)10(2,3)4;1-7(2,3)5-4-6-8;;/h4-5,7-8,12,17-18H,6,16H2,1-3H3;6-7,9-10,16-17H,4-5,8H2,1-3H3;9-10,12H,4-8H2,1-3H3,(H2,15,16,18);7-8,10H,6,9H2,1-5H3;9,13H,7-8H2,1-6H3;6-7H,5,8H2,1-4H3;8H,4-6H2,1-3H3;2*1H4/q;;;;+1;;;;/b;;;8-7-;;7-6-;;;/t12-;;9-,10-,12-;;;;;;/m0.0....../s1. The molecule has 1 unspecified atom stereocenters. The number of hydrogen-bond acceptors (Lipinski definition) is 12. The molecule has 2 aliphatic heterocycles. The molecule has 0 saturated carbocycles. The highest BCUT2D eigenvalue weighted by molar-refractivity contribution is 8.00. The molecule has 592 valence electrons. The van der Waals surface area contributed by atoms with E-state index in [1.807, 2.05) is 180 Å². The number of aromatic nitrogens is 2. The summed E-state index contributed by atoms with van der Waals surface area (Å²) in [7, 11) is 6.01. The number of phenols is 2. The Kier molecular flexibility index (Phi) is 46.3. The lowest BCUT2D eigenvalue weighted by Crippen LogP contribution is -2.42. The number of carbonyl (C=O) groups excluding carboxylic acids is 6. The van der Waals surface area contributed by atoms with E-state index in [1.165, 1.54) is 31.2 Å². The lowest BCUT2D eigenvalue weighted by Gasteiger charge is -2.27. The number of carbonyl (C=O) groups is 6. The van der Waals surface area contributed by atoms with E-state index in [0.717, 1.165) is 83.8 Å². The molecule has 0 spiro atoms. The highest BCUT2D eigenvalue weighted by atomic mass is 32.2. The van der Waals surface area contributed by atoms with Crippen LogP contribution in [0.25, 0.3) is 21.8 Å². The number of aliphatic hydroxyl groups is 1. The number of likely N-dealkylation sites (N-methyl/N-ethyl adjacent to an activating group) is 1. The summed E-state index contributed by atoms with van der Waals surface area (Å²) in [5.74, 6) is 3.91. The average Bonchev–Trinajstić information content (AvgIpc) is 1.69. The Morgan fingerprint density at radius 3 is 1.54 bits per heavy atom. The van der Waals surface area contributed by atoms with Gasteiger partial charge in [-0.25, -0.2) is 4.79 Å². The van der Waals surface area contributed by atoms with Crippen molar-refractivity contribution in [3.63, 3.8) is 0 Å². The zero-order valence-electron chi connectivity index (χ0n) is 68.3. The summed E-state index contributed by atoms with van der Waals surface area (Å²) >= 11 is 6.07.